The van der Waals surface area contributed by atoms with Crippen molar-refractivity contribution < 1.29 is 28.5 Å². The smallest absolute Gasteiger partial charge is 0.415 e. The lowest BCUT2D eigenvalue weighted by molar-refractivity contribution is 0.0416. The van der Waals surface area contributed by atoms with Crippen molar-refractivity contribution in [2.45, 2.75) is 12.8 Å². The van der Waals surface area contributed by atoms with E-state index in [4.69, 9.17) is 29.4 Å². The van der Waals surface area contributed by atoms with Crippen molar-refractivity contribution in [3.63, 3.8) is 0 Å². The topological polar surface area (TPSA) is 145 Å². The Morgan fingerprint density at radius 1 is 1.24 bits per heavy atom. The fourth-order valence-corrected chi connectivity index (χ4v) is 4.57. The van der Waals surface area contributed by atoms with Gasteiger partial charge in [-0.1, -0.05) is 12.1 Å². The number of allylic oxidation sites excluding steroid dienone is 1. The van der Waals surface area contributed by atoms with Gasteiger partial charge in [0.1, 0.15) is 17.4 Å². The highest BCUT2D eigenvalue weighted by Gasteiger charge is 2.36. The number of fused-ring (bicyclic) bond motifs is 1. The Hall–Kier alpha value is -4.69. The van der Waals surface area contributed by atoms with Crippen LogP contribution in [0.1, 0.15) is 24.0 Å². The number of hydrogen-bond acceptors (Lipinski definition) is 9. The van der Waals surface area contributed by atoms with E-state index < -0.39 is 12.0 Å². The number of nitrogens with zero attached hydrogens (tertiary/aromatic N) is 3. The van der Waals surface area contributed by atoms with E-state index in [0.717, 1.165) is 5.56 Å². The molecule has 2 aliphatic rings. The van der Waals surface area contributed by atoms with Gasteiger partial charge in [-0.2, -0.15) is 5.26 Å². The number of nitrogens with two attached hydrogens (primary N) is 1. The molecule has 0 aliphatic carbocycles. The zero-order valence-corrected chi connectivity index (χ0v) is 21.0. The second kappa shape index (κ2) is 10.7. The van der Waals surface area contributed by atoms with Crippen LogP contribution in [0.4, 0.5) is 4.79 Å². The first-order chi connectivity index (χ1) is 18.5. The quantitative estimate of drug-likeness (QED) is 0.501. The number of morpholine rings is 1. The Labute approximate surface area is 219 Å². The molecule has 1 aromatic heterocycles. The van der Waals surface area contributed by atoms with Gasteiger partial charge in [-0.25, -0.2) is 4.79 Å². The van der Waals surface area contributed by atoms with E-state index in [9.17, 15) is 10.1 Å². The Morgan fingerprint density at radius 2 is 2.05 bits per heavy atom. The van der Waals surface area contributed by atoms with Crippen molar-refractivity contribution in [3.05, 3.63) is 65.0 Å². The van der Waals surface area contributed by atoms with Crippen molar-refractivity contribution in [2.75, 3.05) is 40.0 Å². The third kappa shape index (κ3) is 4.69. The van der Waals surface area contributed by atoms with Gasteiger partial charge in [0.2, 0.25) is 11.8 Å². The summed E-state index contributed by atoms with van der Waals surface area (Å²) in [5, 5.41) is 17.4. The van der Waals surface area contributed by atoms with E-state index in [-0.39, 0.29) is 17.3 Å². The fraction of sp³-hybridized carbons (Fsp3) is 0.296. The fourth-order valence-electron chi connectivity index (χ4n) is 4.57. The van der Waals surface area contributed by atoms with E-state index in [2.05, 4.69) is 16.3 Å². The zero-order valence-electron chi connectivity index (χ0n) is 21.0. The van der Waals surface area contributed by atoms with Gasteiger partial charge in [0, 0.05) is 18.7 Å². The molecule has 3 aromatic rings. The molecular formula is C27H27N5O6. The van der Waals surface area contributed by atoms with E-state index in [1.165, 1.54) is 0 Å². The lowest BCUT2D eigenvalue weighted by Crippen LogP contribution is -2.42. The van der Waals surface area contributed by atoms with Gasteiger partial charge < -0.3 is 34.3 Å². The molecule has 0 bridgehead atoms. The number of aromatic amines is 1. The Morgan fingerprint density at radius 3 is 2.79 bits per heavy atom. The number of H-pyrrole nitrogens is 1. The van der Waals surface area contributed by atoms with Crippen molar-refractivity contribution in [2.24, 2.45) is 5.73 Å². The van der Waals surface area contributed by atoms with E-state index >= 15 is 0 Å². The maximum Gasteiger partial charge on any atom is 0.415 e. The number of hydrogen-bond donors (Lipinski definition) is 2. The number of nitriles is 1. The Bertz CT molecular complexity index is 1420. The van der Waals surface area contributed by atoms with Gasteiger partial charge >= 0.3 is 6.09 Å². The molecule has 38 heavy (non-hydrogen) atoms. The molecule has 1 saturated heterocycles. The first-order valence-electron chi connectivity index (χ1n) is 12.2. The summed E-state index contributed by atoms with van der Waals surface area (Å²) in [7, 11) is 1.57. The van der Waals surface area contributed by atoms with Gasteiger partial charge in [0.15, 0.2) is 11.5 Å². The standard InChI is InChI=1S/C27H27N5O6/c1-3-36-20-8-7-17(14-21(20)34-2)24-23-22(19(15-28)25(29)38-26(23)31-30-24)16-5-4-6-18(13-16)37-27(33)32-9-11-35-12-10-32/h4-8,13-14,22H,3,9-12,29H2,1-2H3,(H,30,31). The third-order valence-corrected chi connectivity index (χ3v) is 6.36. The molecule has 11 nitrogen and oxygen atoms in total. The summed E-state index contributed by atoms with van der Waals surface area (Å²) in [6.07, 6.45) is -0.459. The monoisotopic (exact) mass is 517 g/mol. The second-order valence-electron chi connectivity index (χ2n) is 8.58. The second-order valence-corrected chi connectivity index (χ2v) is 8.58. The number of methoxy groups -OCH3 is 1. The molecule has 196 valence electrons. The van der Waals surface area contributed by atoms with Crippen molar-refractivity contribution in [3.8, 4) is 40.5 Å². The number of nitrogens with one attached hydrogen (secondary N) is 1. The molecule has 11 heteroatoms. The minimum atomic E-state index is -0.628. The van der Waals surface area contributed by atoms with Gasteiger partial charge in [0.05, 0.1) is 44.1 Å². The number of benzene rings is 2. The van der Waals surface area contributed by atoms with Gasteiger partial charge in [-0.3, -0.25) is 5.10 Å². The Balaban J connectivity index is 1.54. The van der Waals surface area contributed by atoms with E-state index in [1.54, 1.807) is 30.2 Å². The highest BCUT2D eigenvalue weighted by Crippen LogP contribution is 2.47. The third-order valence-electron chi connectivity index (χ3n) is 6.36. The minimum Gasteiger partial charge on any atom is -0.493 e. The van der Waals surface area contributed by atoms with Gasteiger partial charge in [0.25, 0.3) is 0 Å². The summed E-state index contributed by atoms with van der Waals surface area (Å²) >= 11 is 0. The van der Waals surface area contributed by atoms with Gasteiger partial charge in [-0.15, -0.1) is 5.10 Å². The maximum atomic E-state index is 12.7. The summed E-state index contributed by atoms with van der Waals surface area (Å²) in [5.74, 6) is 1.09. The SMILES string of the molecule is CCOc1ccc(-c2[nH]nc3c2C(c2cccc(OC(=O)N4CCOCC4)c2)C(C#N)=C(N)O3)cc1OC. The van der Waals surface area contributed by atoms with Crippen molar-refractivity contribution >= 4 is 6.09 Å². The summed E-state index contributed by atoms with van der Waals surface area (Å²) < 4.78 is 27.8. The summed E-state index contributed by atoms with van der Waals surface area (Å²) in [4.78, 5) is 14.3. The number of aromatic nitrogens is 2. The van der Waals surface area contributed by atoms with Crippen molar-refractivity contribution in [1.82, 2.24) is 15.1 Å². The highest BCUT2D eigenvalue weighted by atomic mass is 16.6. The number of ether oxygens (including phenoxy) is 5. The van der Waals surface area contributed by atoms with Crippen LogP contribution in [0.3, 0.4) is 0 Å². The van der Waals surface area contributed by atoms with E-state index in [1.807, 2.05) is 31.2 Å². The van der Waals surface area contributed by atoms with Crippen LogP contribution < -0.4 is 24.7 Å². The first kappa shape index (κ1) is 25.0. The molecule has 2 aromatic carbocycles. The van der Waals surface area contributed by atoms with Crippen LogP contribution in [0.2, 0.25) is 0 Å². The average Bonchev–Trinajstić information content (AvgIpc) is 3.36. The predicted octanol–water partition coefficient (Wildman–Crippen LogP) is 3.53. The molecule has 3 heterocycles. The first-order valence-corrected chi connectivity index (χ1v) is 12.2. The van der Waals surface area contributed by atoms with E-state index in [0.29, 0.717) is 67.0 Å². The number of carbonyl (C=O) groups is 1. The molecule has 1 fully saturated rings. The Kier molecular flexibility index (Phi) is 7.06. The minimum absolute atomic E-state index is 0.0389. The number of rotatable bonds is 6. The van der Waals surface area contributed by atoms with Crippen LogP contribution in [-0.4, -0.2) is 61.2 Å². The molecule has 3 N–H and O–H groups in total. The van der Waals surface area contributed by atoms with Crippen LogP contribution in [-0.2, 0) is 4.74 Å². The predicted molar refractivity (Wildman–Crippen MR) is 136 cm³/mol. The molecule has 0 spiro atoms. The van der Waals surface area contributed by atoms with Crippen LogP contribution in [0, 0.1) is 11.3 Å². The molecular weight excluding hydrogens is 490 g/mol. The lowest BCUT2D eigenvalue weighted by atomic mass is 9.83. The molecule has 2 aliphatic heterocycles. The summed E-state index contributed by atoms with van der Waals surface area (Å²) in [5.41, 5.74) is 9.04. The molecule has 1 amide bonds. The molecule has 5 rings (SSSR count). The van der Waals surface area contributed by atoms with Crippen LogP contribution >= 0.6 is 0 Å². The van der Waals surface area contributed by atoms with Gasteiger partial charge in [-0.05, 0) is 42.8 Å². The number of carbonyl (C=O) groups excluding carboxylic acids is 1. The largest absolute Gasteiger partial charge is 0.493 e. The average molecular weight is 518 g/mol. The maximum absolute atomic E-state index is 12.7. The normalized spacial score (nSPS) is 16.8. The molecule has 1 unspecified atom stereocenters. The molecule has 0 saturated carbocycles. The van der Waals surface area contributed by atoms with Crippen molar-refractivity contribution in [1.29, 1.82) is 5.26 Å². The molecule has 1 atom stereocenters. The highest BCUT2D eigenvalue weighted by molar-refractivity contribution is 5.74. The number of amides is 1. The molecule has 0 radical (unpaired) electrons. The zero-order chi connectivity index (χ0) is 26.6. The summed E-state index contributed by atoms with van der Waals surface area (Å²) in [6, 6.07) is 14.7. The van der Waals surface area contributed by atoms with Crippen LogP contribution in [0.15, 0.2) is 53.9 Å². The van der Waals surface area contributed by atoms with Crippen LogP contribution in [0.5, 0.6) is 23.1 Å². The summed E-state index contributed by atoms with van der Waals surface area (Å²) in [6.45, 7) is 4.25. The lowest BCUT2D eigenvalue weighted by Gasteiger charge is -2.26. The van der Waals surface area contributed by atoms with Crippen LogP contribution in [0.25, 0.3) is 11.3 Å².